The molecule has 0 radical (unpaired) electrons. The number of carbonyl (C=O) groups is 1. The lowest BCUT2D eigenvalue weighted by Gasteiger charge is -2.17. The highest BCUT2D eigenvalue weighted by molar-refractivity contribution is 6.31. The fourth-order valence-electron chi connectivity index (χ4n) is 1.67. The summed E-state index contributed by atoms with van der Waals surface area (Å²) in [4.78, 5) is 11.1. The number of Topliss-reactive ketones (excluding diaryl/α,β-unsaturated/α-hetero) is 1. The van der Waals surface area contributed by atoms with Crippen LogP contribution >= 0.6 is 11.6 Å². The monoisotopic (exact) mass is 196 g/mol. The van der Waals surface area contributed by atoms with Gasteiger partial charge in [0.25, 0.3) is 0 Å². The minimum atomic E-state index is 0.194. The first-order valence-corrected chi connectivity index (χ1v) is 4.57. The third kappa shape index (κ3) is 1.42. The van der Waals surface area contributed by atoms with E-state index in [1.54, 1.807) is 12.1 Å². The highest BCUT2D eigenvalue weighted by atomic mass is 35.5. The fourth-order valence-corrected chi connectivity index (χ4v) is 1.92. The Morgan fingerprint density at radius 3 is 2.77 bits per heavy atom. The minimum absolute atomic E-state index is 0.194. The summed E-state index contributed by atoms with van der Waals surface area (Å²) in [6, 6.07) is 3.21. The number of phenolic OH excluding ortho intramolecular Hbond substituents is 1. The fraction of sp³-hybridized carbons (Fsp3) is 0.300. The van der Waals surface area contributed by atoms with Crippen molar-refractivity contribution in [3.8, 4) is 5.75 Å². The minimum Gasteiger partial charge on any atom is -0.508 e. The van der Waals surface area contributed by atoms with Gasteiger partial charge in [-0.1, -0.05) is 11.6 Å². The number of benzene rings is 1. The third-order valence-electron chi connectivity index (χ3n) is 2.38. The molecule has 0 saturated carbocycles. The largest absolute Gasteiger partial charge is 0.508 e. The number of hydrogen-bond donors (Lipinski definition) is 1. The van der Waals surface area contributed by atoms with E-state index in [9.17, 15) is 9.90 Å². The molecule has 13 heavy (non-hydrogen) atoms. The first-order valence-electron chi connectivity index (χ1n) is 4.19. The molecular weight excluding hydrogens is 188 g/mol. The molecule has 0 fully saturated rings. The van der Waals surface area contributed by atoms with Crippen LogP contribution in [0.5, 0.6) is 5.75 Å². The van der Waals surface area contributed by atoms with Crippen LogP contribution in [-0.2, 0) is 17.6 Å². The zero-order valence-corrected chi connectivity index (χ0v) is 7.77. The summed E-state index contributed by atoms with van der Waals surface area (Å²) in [5.74, 6) is 0.451. The van der Waals surface area contributed by atoms with Crippen LogP contribution in [0.2, 0.25) is 5.02 Å². The van der Waals surface area contributed by atoms with Crippen molar-refractivity contribution >= 4 is 17.4 Å². The van der Waals surface area contributed by atoms with Crippen molar-refractivity contribution in [2.24, 2.45) is 0 Å². The van der Waals surface area contributed by atoms with Crippen LogP contribution < -0.4 is 0 Å². The molecule has 1 aromatic carbocycles. The van der Waals surface area contributed by atoms with Gasteiger partial charge >= 0.3 is 0 Å². The molecule has 0 spiro atoms. The van der Waals surface area contributed by atoms with E-state index in [0.717, 1.165) is 11.1 Å². The average Bonchev–Trinajstić information content (AvgIpc) is 2.12. The van der Waals surface area contributed by atoms with Gasteiger partial charge in [0.1, 0.15) is 11.5 Å². The van der Waals surface area contributed by atoms with Gasteiger partial charge in [-0.15, -0.1) is 0 Å². The number of aromatic hydroxyl groups is 1. The van der Waals surface area contributed by atoms with Crippen LogP contribution in [0.3, 0.4) is 0 Å². The predicted octanol–water partition coefficient (Wildman–Crippen LogP) is 2.10. The Bertz CT molecular complexity index is 371. The molecule has 3 heteroatoms. The van der Waals surface area contributed by atoms with Gasteiger partial charge in [0.2, 0.25) is 0 Å². The highest BCUT2D eigenvalue weighted by Gasteiger charge is 2.20. The number of halogens is 1. The summed E-state index contributed by atoms with van der Waals surface area (Å²) in [5.41, 5.74) is 1.64. The van der Waals surface area contributed by atoms with Gasteiger partial charge < -0.3 is 5.11 Å². The van der Waals surface area contributed by atoms with E-state index in [-0.39, 0.29) is 11.5 Å². The van der Waals surface area contributed by atoms with E-state index < -0.39 is 0 Å². The summed E-state index contributed by atoms with van der Waals surface area (Å²) < 4.78 is 0. The number of carbonyl (C=O) groups excluding carboxylic acids is 1. The van der Waals surface area contributed by atoms with Crippen molar-refractivity contribution in [3.05, 3.63) is 28.3 Å². The molecule has 2 rings (SSSR count). The van der Waals surface area contributed by atoms with Crippen molar-refractivity contribution in [2.45, 2.75) is 19.3 Å². The maximum absolute atomic E-state index is 11.1. The summed E-state index contributed by atoms with van der Waals surface area (Å²) in [6.07, 6.45) is 1.49. The van der Waals surface area contributed by atoms with Gasteiger partial charge in [-0.3, -0.25) is 4.79 Å². The molecule has 2 nitrogen and oxygen atoms in total. The number of rotatable bonds is 0. The van der Waals surface area contributed by atoms with Crippen LogP contribution in [0.1, 0.15) is 17.5 Å². The van der Waals surface area contributed by atoms with Crippen LogP contribution in [0, 0.1) is 0 Å². The molecule has 0 aliphatic heterocycles. The second-order valence-electron chi connectivity index (χ2n) is 3.24. The Kier molecular flexibility index (Phi) is 2.00. The lowest BCUT2D eigenvalue weighted by molar-refractivity contribution is -0.118. The highest BCUT2D eigenvalue weighted by Crippen LogP contribution is 2.32. The smallest absolute Gasteiger partial charge is 0.137 e. The SMILES string of the molecule is O=C1CCc2c(O)ccc(Cl)c2C1. The lowest BCUT2D eigenvalue weighted by atomic mass is 9.90. The standard InChI is InChI=1S/C10H9ClO2/c11-9-3-4-10(13)7-2-1-6(12)5-8(7)9/h3-4,13H,1-2,5H2. The molecule has 1 aliphatic rings. The molecule has 1 N–H and O–H groups in total. The van der Waals surface area contributed by atoms with Gasteiger partial charge in [0, 0.05) is 17.9 Å². The van der Waals surface area contributed by atoms with Gasteiger partial charge in [-0.25, -0.2) is 0 Å². The van der Waals surface area contributed by atoms with E-state index >= 15 is 0 Å². The topological polar surface area (TPSA) is 37.3 Å². The molecule has 0 amide bonds. The normalized spacial score (nSPS) is 15.6. The van der Waals surface area contributed by atoms with Crippen molar-refractivity contribution in [3.63, 3.8) is 0 Å². The first-order chi connectivity index (χ1) is 6.18. The number of phenols is 1. The maximum atomic E-state index is 11.1. The second-order valence-corrected chi connectivity index (χ2v) is 3.65. The molecule has 0 atom stereocenters. The van der Waals surface area contributed by atoms with Crippen molar-refractivity contribution in [2.75, 3.05) is 0 Å². The Hall–Kier alpha value is -1.02. The molecule has 0 heterocycles. The van der Waals surface area contributed by atoms with Gasteiger partial charge in [-0.2, -0.15) is 0 Å². The van der Waals surface area contributed by atoms with E-state index in [4.69, 9.17) is 11.6 Å². The Labute approximate surface area is 81.1 Å². The quantitative estimate of drug-likeness (QED) is 0.690. The molecule has 0 bridgehead atoms. The first kappa shape index (κ1) is 8.57. The molecule has 1 aliphatic carbocycles. The predicted molar refractivity (Wildman–Crippen MR) is 50.1 cm³/mol. The molecule has 68 valence electrons. The van der Waals surface area contributed by atoms with Crippen molar-refractivity contribution < 1.29 is 9.90 Å². The van der Waals surface area contributed by atoms with Crippen LogP contribution in [-0.4, -0.2) is 10.9 Å². The molecule has 0 aromatic heterocycles. The van der Waals surface area contributed by atoms with E-state index in [0.29, 0.717) is 24.3 Å². The lowest BCUT2D eigenvalue weighted by Crippen LogP contribution is -2.13. The summed E-state index contributed by atoms with van der Waals surface area (Å²) in [7, 11) is 0. The number of fused-ring (bicyclic) bond motifs is 1. The molecule has 0 unspecified atom stereocenters. The average molecular weight is 197 g/mol. The molecule has 0 saturated heterocycles. The van der Waals surface area contributed by atoms with Crippen molar-refractivity contribution in [1.29, 1.82) is 0 Å². The number of hydrogen-bond acceptors (Lipinski definition) is 2. The van der Waals surface area contributed by atoms with Crippen LogP contribution in [0.4, 0.5) is 0 Å². The Balaban J connectivity index is 2.57. The molecular formula is C10H9ClO2. The second kappa shape index (κ2) is 3.04. The summed E-state index contributed by atoms with van der Waals surface area (Å²) in [6.45, 7) is 0. The van der Waals surface area contributed by atoms with E-state index in [1.165, 1.54) is 0 Å². The zero-order valence-electron chi connectivity index (χ0n) is 7.01. The van der Waals surface area contributed by atoms with Crippen molar-refractivity contribution in [1.82, 2.24) is 0 Å². The molecule has 1 aromatic rings. The number of ketones is 1. The Morgan fingerprint density at radius 2 is 2.00 bits per heavy atom. The van der Waals surface area contributed by atoms with Crippen LogP contribution in [0.15, 0.2) is 12.1 Å². The maximum Gasteiger partial charge on any atom is 0.137 e. The zero-order chi connectivity index (χ0) is 9.42. The van der Waals surface area contributed by atoms with Gasteiger partial charge in [0.15, 0.2) is 0 Å². The van der Waals surface area contributed by atoms with Gasteiger partial charge in [0.05, 0.1) is 0 Å². The van der Waals surface area contributed by atoms with Crippen LogP contribution in [0.25, 0.3) is 0 Å². The van der Waals surface area contributed by atoms with Gasteiger partial charge in [-0.05, 0) is 29.7 Å². The van der Waals surface area contributed by atoms with E-state index in [2.05, 4.69) is 0 Å². The summed E-state index contributed by atoms with van der Waals surface area (Å²) in [5, 5.41) is 10.1. The van der Waals surface area contributed by atoms with E-state index in [1.807, 2.05) is 0 Å². The summed E-state index contributed by atoms with van der Waals surface area (Å²) >= 11 is 5.92. The Morgan fingerprint density at radius 1 is 1.23 bits per heavy atom. The third-order valence-corrected chi connectivity index (χ3v) is 2.73.